The highest BCUT2D eigenvalue weighted by Gasteiger charge is 2.08. The molecule has 3 rings (SSSR count). The van der Waals surface area contributed by atoms with Gasteiger partial charge >= 0.3 is 0 Å². The molecule has 1 aromatic carbocycles. The minimum atomic E-state index is -0.332. The monoisotopic (exact) mass is 333 g/mol. The molecule has 0 saturated heterocycles. The third-order valence-corrected chi connectivity index (χ3v) is 3.27. The van der Waals surface area contributed by atoms with Crippen molar-refractivity contribution in [2.24, 2.45) is 0 Å². The van der Waals surface area contributed by atoms with Gasteiger partial charge < -0.3 is 15.1 Å². The van der Waals surface area contributed by atoms with Gasteiger partial charge in [-0.15, -0.1) is 0 Å². The molecule has 3 aromatic rings. The molecule has 0 aliphatic carbocycles. The fourth-order valence-electron chi connectivity index (χ4n) is 2.07. The Bertz CT molecular complexity index is 870. The van der Waals surface area contributed by atoms with Crippen molar-refractivity contribution in [1.29, 1.82) is 0 Å². The zero-order valence-corrected chi connectivity index (χ0v) is 13.2. The van der Waals surface area contributed by atoms with Crippen LogP contribution in [-0.4, -0.2) is 16.8 Å². The molecule has 0 radical (unpaired) electrons. The number of nitrogens with one attached hydrogen (secondary N) is 2. The van der Waals surface area contributed by atoms with Gasteiger partial charge in [0.05, 0.1) is 6.26 Å². The number of nitrogens with zero attached hydrogens (tertiary/aromatic N) is 1. The van der Waals surface area contributed by atoms with Crippen LogP contribution in [0.25, 0.3) is 6.08 Å². The average molecular weight is 333 g/mol. The van der Waals surface area contributed by atoms with Gasteiger partial charge in [-0.2, -0.15) is 0 Å². The van der Waals surface area contributed by atoms with E-state index in [0.717, 1.165) is 5.56 Å². The lowest BCUT2D eigenvalue weighted by Gasteiger charge is -2.06. The number of benzene rings is 1. The summed E-state index contributed by atoms with van der Waals surface area (Å²) < 4.78 is 5.03. The van der Waals surface area contributed by atoms with Gasteiger partial charge in [0.15, 0.2) is 5.76 Å². The van der Waals surface area contributed by atoms with Crippen LogP contribution in [0, 0.1) is 0 Å². The van der Waals surface area contributed by atoms with Crippen LogP contribution < -0.4 is 10.6 Å². The van der Waals surface area contributed by atoms with Gasteiger partial charge in [0.1, 0.15) is 0 Å². The fraction of sp³-hybridized carbons (Fsp3) is 0. The molecule has 2 N–H and O–H groups in total. The van der Waals surface area contributed by atoms with E-state index in [-0.39, 0.29) is 17.6 Å². The zero-order chi connectivity index (χ0) is 17.5. The standard InChI is InChI=1S/C19H15N3O3/c23-18(10-5-14-3-1-11-20-13-14)21-15-6-8-16(9-7-15)22-19(24)17-4-2-12-25-17/h1-13H,(H,21,23)(H,22,24). The predicted octanol–water partition coefficient (Wildman–Crippen LogP) is 3.58. The van der Waals surface area contributed by atoms with Crippen LogP contribution in [0.1, 0.15) is 16.1 Å². The van der Waals surface area contributed by atoms with E-state index >= 15 is 0 Å². The summed E-state index contributed by atoms with van der Waals surface area (Å²) >= 11 is 0. The number of pyridine rings is 1. The van der Waals surface area contributed by atoms with Crippen molar-refractivity contribution >= 4 is 29.3 Å². The summed E-state index contributed by atoms with van der Waals surface area (Å²) in [6.45, 7) is 0. The van der Waals surface area contributed by atoms with Gasteiger partial charge in [-0.25, -0.2) is 0 Å². The van der Waals surface area contributed by atoms with Crippen molar-refractivity contribution in [1.82, 2.24) is 4.98 Å². The average Bonchev–Trinajstić information content (AvgIpc) is 3.17. The van der Waals surface area contributed by atoms with Crippen LogP contribution in [0.2, 0.25) is 0 Å². The Morgan fingerprint density at radius 2 is 1.72 bits per heavy atom. The van der Waals surface area contributed by atoms with Crippen LogP contribution in [0.3, 0.4) is 0 Å². The Morgan fingerprint density at radius 1 is 0.960 bits per heavy atom. The van der Waals surface area contributed by atoms with Gasteiger partial charge in [-0.3, -0.25) is 14.6 Å². The number of aromatic nitrogens is 1. The molecule has 0 aliphatic heterocycles. The Labute approximate surface area is 144 Å². The molecule has 124 valence electrons. The number of anilines is 2. The Kier molecular flexibility index (Phi) is 5.01. The first kappa shape index (κ1) is 16.2. The molecule has 6 heteroatoms. The van der Waals surface area contributed by atoms with Gasteiger partial charge in [0.2, 0.25) is 5.91 Å². The van der Waals surface area contributed by atoms with E-state index in [1.54, 1.807) is 60.9 Å². The minimum absolute atomic E-state index is 0.234. The predicted molar refractivity (Wildman–Crippen MR) is 95.0 cm³/mol. The lowest BCUT2D eigenvalue weighted by atomic mass is 10.2. The molecule has 2 heterocycles. The molecule has 0 fully saturated rings. The van der Waals surface area contributed by atoms with Crippen LogP contribution in [0.4, 0.5) is 11.4 Å². The van der Waals surface area contributed by atoms with Crippen molar-refractivity contribution < 1.29 is 14.0 Å². The molecule has 0 aliphatic rings. The molecule has 0 saturated carbocycles. The highest BCUT2D eigenvalue weighted by Crippen LogP contribution is 2.15. The number of furan rings is 1. The van der Waals surface area contributed by atoms with Gasteiger partial charge in [-0.1, -0.05) is 6.07 Å². The third-order valence-electron chi connectivity index (χ3n) is 3.27. The fourth-order valence-corrected chi connectivity index (χ4v) is 2.07. The summed E-state index contributed by atoms with van der Waals surface area (Å²) in [5.74, 6) is -0.352. The maximum absolute atomic E-state index is 11.9. The van der Waals surface area contributed by atoms with E-state index < -0.39 is 0 Å². The molecule has 0 bridgehead atoms. The second-order valence-electron chi connectivity index (χ2n) is 5.12. The van der Waals surface area contributed by atoms with E-state index in [9.17, 15) is 9.59 Å². The quantitative estimate of drug-likeness (QED) is 0.699. The number of rotatable bonds is 5. The zero-order valence-electron chi connectivity index (χ0n) is 13.2. The summed E-state index contributed by atoms with van der Waals surface area (Å²) in [6.07, 6.45) is 7.89. The van der Waals surface area contributed by atoms with E-state index in [4.69, 9.17) is 4.42 Å². The maximum Gasteiger partial charge on any atom is 0.291 e. The van der Waals surface area contributed by atoms with Crippen molar-refractivity contribution in [2.75, 3.05) is 10.6 Å². The summed E-state index contributed by atoms with van der Waals surface area (Å²) in [4.78, 5) is 27.7. The van der Waals surface area contributed by atoms with Gasteiger partial charge in [-0.05, 0) is 54.1 Å². The lowest BCUT2D eigenvalue weighted by molar-refractivity contribution is -0.111. The van der Waals surface area contributed by atoms with Crippen LogP contribution in [0.5, 0.6) is 0 Å². The first-order chi connectivity index (χ1) is 12.2. The molecular formula is C19H15N3O3. The van der Waals surface area contributed by atoms with E-state index in [1.807, 2.05) is 6.07 Å². The first-order valence-corrected chi connectivity index (χ1v) is 7.55. The van der Waals surface area contributed by atoms with Gasteiger partial charge in [0, 0.05) is 29.8 Å². The Morgan fingerprint density at radius 3 is 2.36 bits per heavy atom. The van der Waals surface area contributed by atoms with Crippen molar-refractivity contribution in [3.05, 3.63) is 84.6 Å². The molecule has 25 heavy (non-hydrogen) atoms. The largest absolute Gasteiger partial charge is 0.459 e. The van der Waals surface area contributed by atoms with Crippen molar-refractivity contribution in [3.63, 3.8) is 0 Å². The smallest absolute Gasteiger partial charge is 0.291 e. The van der Waals surface area contributed by atoms with Crippen LogP contribution in [-0.2, 0) is 4.79 Å². The third kappa shape index (κ3) is 4.65. The van der Waals surface area contributed by atoms with Crippen molar-refractivity contribution in [2.45, 2.75) is 0 Å². The molecule has 0 spiro atoms. The highest BCUT2D eigenvalue weighted by molar-refractivity contribution is 6.03. The van der Waals surface area contributed by atoms with E-state index in [0.29, 0.717) is 11.4 Å². The SMILES string of the molecule is O=C(C=Cc1cccnc1)Nc1ccc(NC(=O)c2ccco2)cc1. The normalized spacial score (nSPS) is 10.6. The van der Waals surface area contributed by atoms with E-state index in [2.05, 4.69) is 15.6 Å². The number of carbonyl (C=O) groups excluding carboxylic acids is 2. The molecule has 6 nitrogen and oxygen atoms in total. The molecule has 2 amide bonds. The number of hydrogen-bond acceptors (Lipinski definition) is 4. The first-order valence-electron chi connectivity index (χ1n) is 7.55. The van der Waals surface area contributed by atoms with Crippen LogP contribution >= 0.6 is 0 Å². The van der Waals surface area contributed by atoms with E-state index in [1.165, 1.54) is 12.3 Å². The summed E-state index contributed by atoms with van der Waals surface area (Å²) in [5, 5.41) is 5.45. The van der Waals surface area contributed by atoms with Crippen LogP contribution in [0.15, 0.2) is 77.7 Å². The summed E-state index contributed by atoms with van der Waals surface area (Å²) in [5.41, 5.74) is 2.07. The second kappa shape index (κ2) is 7.74. The highest BCUT2D eigenvalue weighted by atomic mass is 16.3. The maximum atomic E-state index is 11.9. The Balaban J connectivity index is 1.56. The Hall–Kier alpha value is -3.67. The lowest BCUT2D eigenvalue weighted by Crippen LogP contribution is -2.11. The summed E-state index contributed by atoms with van der Waals surface area (Å²) in [6, 6.07) is 13.7. The number of hydrogen-bond donors (Lipinski definition) is 2. The van der Waals surface area contributed by atoms with Gasteiger partial charge in [0.25, 0.3) is 5.91 Å². The minimum Gasteiger partial charge on any atom is -0.459 e. The second-order valence-corrected chi connectivity index (χ2v) is 5.12. The molecule has 0 unspecified atom stereocenters. The molecular weight excluding hydrogens is 318 g/mol. The number of amides is 2. The molecule has 0 atom stereocenters. The molecule has 2 aromatic heterocycles. The van der Waals surface area contributed by atoms with Crippen molar-refractivity contribution in [3.8, 4) is 0 Å². The topological polar surface area (TPSA) is 84.2 Å². The number of carbonyl (C=O) groups is 2. The summed E-state index contributed by atoms with van der Waals surface area (Å²) in [7, 11) is 0.